The van der Waals surface area contributed by atoms with Crippen LogP contribution in [0, 0.1) is 0 Å². The van der Waals surface area contributed by atoms with Gasteiger partial charge in [-0.25, -0.2) is 8.42 Å². The molecule has 0 aromatic heterocycles. The number of carbonyl (C=O) groups excluding carboxylic acids is 1. The van der Waals surface area contributed by atoms with Crippen LogP contribution < -0.4 is 5.32 Å². The summed E-state index contributed by atoms with van der Waals surface area (Å²) in [5, 5.41) is 3.47. The first-order chi connectivity index (χ1) is 14.9. The highest BCUT2D eigenvalue weighted by Crippen LogP contribution is 2.27. The molecule has 1 aliphatic heterocycles. The van der Waals surface area contributed by atoms with Gasteiger partial charge in [0.25, 0.3) is 5.91 Å². The Kier molecular flexibility index (Phi) is 6.62. The molecule has 0 radical (unpaired) electrons. The van der Waals surface area contributed by atoms with Crippen LogP contribution >= 0.6 is 0 Å². The van der Waals surface area contributed by atoms with E-state index >= 15 is 0 Å². The molecule has 1 aliphatic carbocycles. The fourth-order valence-corrected chi connectivity index (χ4v) is 6.07. The van der Waals surface area contributed by atoms with Gasteiger partial charge in [0.2, 0.25) is 10.0 Å². The number of nitrogens with zero attached hydrogens (tertiary/aromatic N) is 2. The molecule has 4 rings (SSSR count). The van der Waals surface area contributed by atoms with Crippen molar-refractivity contribution < 1.29 is 13.2 Å². The van der Waals surface area contributed by atoms with Crippen LogP contribution in [0.2, 0.25) is 0 Å². The van der Waals surface area contributed by atoms with E-state index in [0.717, 1.165) is 37.8 Å². The maximum Gasteiger partial charge on any atom is 0.253 e. The van der Waals surface area contributed by atoms with Gasteiger partial charge in [-0.1, -0.05) is 43.5 Å². The molecule has 2 aliphatic rings. The Balaban J connectivity index is 1.44. The Morgan fingerprint density at radius 2 is 1.74 bits per heavy atom. The summed E-state index contributed by atoms with van der Waals surface area (Å²) >= 11 is 0. The SMILES string of the molecule is CN(C1CCCCC1)S(=O)(=O)c1cccc(C(=O)N2CCC(Nc3ccccc3)C2)c1. The molecule has 31 heavy (non-hydrogen) atoms. The average Bonchev–Trinajstić information content (AvgIpc) is 3.27. The second-order valence-electron chi connectivity index (χ2n) is 8.59. The number of nitrogens with one attached hydrogen (secondary N) is 1. The molecule has 166 valence electrons. The van der Waals surface area contributed by atoms with Crippen LogP contribution in [-0.2, 0) is 10.0 Å². The monoisotopic (exact) mass is 441 g/mol. The largest absolute Gasteiger partial charge is 0.380 e. The lowest BCUT2D eigenvalue weighted by Gasteiger charge is -2.30. The molecule has 1 amide bonds. The molecule has 1 saturated carbocycles. The Labute approximate surface area is 185 Å². The lowest BCUT2D eigenvalue weighted by Crippen LogP contribution is -2.38. The van der Waals surface area contributed by atoms with Crippen molar-refractivity contribution in [3.8, 4) is 0 Å². The highest BCUT2D eigenvalue weighted by Gasteiger charge is 2.31. The van der Waals surface area contributed by atoms with E-state index in [2.05, 4.69) is 5.32 Å². The second kappa shape index (κ2) is 9.40. The summed E-state index contributed by atoms with van der Waals surface area (Å²) in [5.41, 5.74) is 1.47. The van der Waals surface area contributed by atoms with Gasteiger partial charge in [0.1, 0.15) is 0 Å². The van der Waals surface area contributed by atoms with E-state index in [1.165, 1.54) is 16.8 Å². The molecule has 1 N–H and O–H groups in total. The molecule has 0 bridgehead atoms. The van der Waals surface area contributed by atoms with Gasteiger partial charge in [0, 0.05) is 43.5 Å². The predicted molar refractivity (Wildman–Crippen MR) is 123 cm³/mol. The van der Waals surface area contributed by atoms with Crippen molar-refractivity contribution in [3.05, 3.63) is 60.2 Å². The molecule has 1 saturated heterocycles. The minimum absolute atomic E-state index is 0.0431. The summed E-state index contributed by atoms with van der Waals surface area (Å²) in [7, 11) is -1.95. The Hall–Kier alpha value is -2.38. The fourth-order valence-electron chi connectivity index (χ4n) is 4.61. The van der Waals surface area contributed by atoms with Gasteiger partial charge in [-0.2, -0.15) is 4.31 Å². The van der Waals surface area contributed by atoms with E-state index < -0.39 is 10.0 Å². The van der Waals surface area contributed by atoms with Gasteiger partial charge in [-0.15, -0.1) is 0 Å². The minimum atomic E-state index is -3.62. The van der Waals surface area contributed by atoms with Crippen LogP contribution in [0.5, 0.6) is 0 Å². The van der Waals surface area contributed by atoms with Crippen LogP contribution in [0.4, 0.5) is 5.69 Å². The number of hydrogen-bond acceptors (Lipinski definition) is 4. The molecule has 6 nitrogen and oxygen atoms in total. The zero-order valence-corrected chi connectivity index (χ0v) is 18.9. The van der Waals surface area contributed by atoms with E-state index in [1.54, 1.807) is 30.1 Å². The third-order valence-corrected chi connectivity index (χ3v) is 8.37. The lowest BCUT2D eigenvalue weighted by atomic mass is 9.96. The summed E-state index contributed by atoms with van der Waals surface area (Å²) in [6.07, 6.45) is 5.97. The van der Waals surface area contributed by atoms with Gasteiger partial charge in [-0.05, 0) is 49.6 Å². The van der Waals surface area contributed by atoms with Crippen LogP contribution in [0.1, 0.15) is 48.9 Å². The number of amides is 1. The Morgan fingerprint density at radius 1 is 1.00 bits per heavy atom. The first-order valence-electron chi connectivity index (χ1n) is 11.1. The van der Waals surface area contributed by atoms with E-state index in [9.17, 15) is 13.2 Å². The number of hydrogen-bond donors (Lipinski definition) is 1. The molecule has 1 unspecified atom stereocenters. The Bertz CT molecular complexity index is 1000. The van der Waals surface area contributed by atoms with Crippen molar-refractivity contribution in [1.29, 1.82) is 0 Å². The van der Waals surface area contributed by atoms with Crippen LogP contribution in [0.15, 0.2) is 59.5 Å². The smallest absolute Gasteiger partial charge is 0.253 e. The van der Waals surface area contributed by atoms with Gasteiger partial charge in [0.15, 0.2) is 0 Å². The van der Waals surface area contributed by atoms with Crippen molar-refractivity contribution >= 4 is 21.6 Å². The maximum atomic E-state index is 13.2. The Morgan fingerprint density at radius 3 is 2.48 bits per heavy atom. The van der Waals surface area contributed by atoms with Crippen molar-refractivity contribution in [2.75, 3.05) is 25.5 Å². The fraction of sp³-hybridized carbons (Fsp3) is 0.458. The van der Waals surface area contributed by atoms with Gasteiger partial charge in [-0.3, -0.25) is 4.79 Å². The minimum Gasteiger partial charge on any atom is -0.380 e. The van der Waals surface area contributed by atoms with E-state index in [-0.39, 0.29) is 22.9 Å². The van der Waals surface area contributed by atoms with Gasteiger partial charge < -0.3 is 10.2 Å². The number of anilines is 1. The number of likely N-dealkylation sites (tertiary alicyclic amines) is 1. The molecule has 1 atom stereocenters. The number of benzene rings is 2. The summed E-state index contributed by atoms with van der Waals surface area (Å²) in [4.78, 5) is 15.1. The standard InChI is InChI=1S/C24H31N3O3S/c1-26(22-12-6-3-7-13-22)31(29,30)23-14-8-9-19(17-23)24(28)27-16-15-21(18-27)25-20-10-4-2-5-11-20/h2,4-5,8-11,14,17,21-22,25H,3,6-7,12-13,15-16,18H2,1H3. The third kappa shape index (κ3) is 4.93. The molecular formula is C24H31N3O3S. The zero-order chi connectivity index (χ0) is 21.8. The molecule has 2 aromatic carbocycles. The van der Waals surface area contributed by atoms with Crippen molar-refractivity contribution in [3.63, 3.8) is 0 Å². The lowest BCUT2D eigenvalue weighted by molar-refractivity contribution is 0.0791. The van der Waals surface area contributed by atoms with Crippen molar-refractivity contribution in [1.82, 2.24) is 9.21 Å². The highest BCUT2D eigenvalue weighted by atomic mass is 32.2. The highest BCUT2D eigenvalue weighted by molar-refractivity contribution is 7.89. The zero-order valence-electron chi connectivity index (χ0n) is 18.0. The number of para-hydroxylation sites is 1. The summed E-state index contributed by atoms with van der Waals surface area (Å²) in [6.45, 7) is 1.26. The van der Waals surface area contributed by atoms with E-state index in [1.807, 2.05) is 30.3 Å². The maximum absolute atomic E-state index is 13.2. The normalized spacial score (nSPS) is 20.2. The summed E-state index contributed by atoms with van der Waals surface area (Å²) in [5.74, 6) is -0.116. The van der Waals surface area contributed by atoms with Crippen LogP contribution in [0.25, 0.3) is 0 Å². The average molecular weight is 442 g/mol. The van der Waals surface area contributed by atoms with Crippen LogP contribution in [-0.4, -0.2) is 55.8 Å². The van der Waals surface area contributed by atoms with Gasteiger partial charge >= 0.3 is 0 Å². The van der Waals surface area contributed by atoms with Crippen molar-refractivity contribution in [2.24, 2.45) is 0 Å². The first-order valence-corrected chi connectivity index (χ1v) is 12.6. The third-order valence-electron chi connectivity index (χ3n) is 6.47. The number of rotatable bonds is 6. The number of carbonyl (C=O) groups is 1. The molecule has 7 heteroatoms. The molecule has 2 fully saturated rings. The summed E-state index contributed by atoms with van der Waals surface area (Å²) in [6, 6.07) is 16.7. The van der Waals surface area contributed by atoms with E-state index in [4.69, 9.17) is 0 Å². The van der Waals surface area contributed by atoms with Crippen molar-refractivity contribution in [2.45, 2.75) is 55.5 Å². The predicted octanol–water partition coefficient (Wildman–Crippen LogP) is 3.97. The quantitative estimate of drug-likeness (QED) is 0.737. The second-order valence-corrected chi connectivity index (χ2v) is 10.6. The molecule has 1 heterocycles. The molecule has 0 spiro atoms. The first kappa shape index (κ1) is 21.8. The molecule has 2 aromatic rings. The topological polar surface area (TPSA) is 69.7 Å². The van der Waals surface area contributed by atoms with E-state index in [0.29, 0.717) is 18.7 Å². The summed E-state index contributed by atoms with van der Waals surface area (Å²) < 4.78 is 27.9. The van der Waals surface area contributed by atoms with Gasteiger partial charge in [0.05, 0.1) is 4.90 Å². The number of sulfonamides is 1. The van der Waals surface area contributed by atoms with Crippen LogP contribution in [0.3, 0.4) is 0 Å². The molecular weight excluding hydrogens is 410 g/mol.